The molecule has 2 N–H and O–H groups in total. The topological polar surface area (TPSA) is 75.3 Å². The number of hydrogen-bond acceptors (Lipinski definition) is 3. The number of urea groups is 1. The molecule has 0 aromatic rings. The van der Waals surface area contributed by atoms with Gasteiger partial charge in [-0.15, -0.1) is 0 Å². The van der Waals surface area contributed by atoms with Gasteiger partial charge in [0.2, 0.25) is 11.8 Å². The molecular weight excluding hydrogens is 232 g/mol. The highest BCUT2D eigenvalue weighted by Crippen LogP contribution is 2.35. The van der Waals surface area contributed by atoms with E-state index in [1.807, 2.05) is 20.8 Å². The maximum atomic E-state index is 12.1. The summed E-state index contributed by atoms with van der Waals surface area (Å²) in [5.74, 6) is -0.610. The monoisotopic (exact) mass is 254 g/mol. The van der Waals surface area contributed by atoms with Gasteiger partial charge in [-0.1, -0.05) is 40.0 Å². The van der Waals surface area contributed by atoms with Crippen LogP contribution < -0.4 is 10.6 Å². The van der Waals surface area contributed by atoms with Gasteiger partial charge in [-0.25, -0.2) is 4.79 Å². The van der Waals surface area contributed by atoms with Crippen LogP contribution in [0.15, 0.2) is 0 Å². The average Bonchev–Trinajstić information content (AvgIpc) is 2.32. The zero-order valence-corrected chi connectivity index (χ0v) is 11.3. The van der Waals surface area contributed by atoms with Crippen molar-refractivity contribution in [2.75, 3.05) is 0 Å². The third-order valence-corrected chi connectivity index (χ3v) is 3.67. The second-order valence-electron chi connectivity index (χ2n) is 5.14. The summed E-state index contributed by atoms with van der Waals surface area (Å²) in [5, 5.41) is 4.46. The van der Waals surface area contributed by atoms with E-state index >= 15 is 0 Å². The van der Waals surface area contributed by atoms with E-state index in [4.69, 9.17) is 0 Å². The number of carbonyl (C=O) groups excluding carboxylic acids is 3. The SMILES string of the molecule is CCCCC1(CC(C)CC)C(=O)NC(=O)NC1=O. The van der Waals surface area contributed by atoms with E-state index in [0.717, 1.165) is 19.3 Å². The van der Waals surface area contributed by atoms with Gasteiger partial charge in [0.05, 0.1) is 0 Å². The van der Waals surface area contributed by atoms with E-state index in [0.29, 0.717) is 12.8 Å². The summed E-state index contributed by atoms with van der Waals surface area (Å²) in [5.41, 5.74) is -1.07. The van der Waals surface area contributed by atoms with Crippen LogP contribution in [0.3, 0.4) is 0 Å². The first-order valence-corrected chi connectivity index (χ1v) is 6.63. The van der Waals surface area contributed by atoms with Crippen LogP contribution in [0.2, 0.25) is 0 Å². The van der Waals surface area contributed by atoms with Crippen molar-refractivity contribution in [3.8, 4) is 0 Å². The summed E-state index contributed by atoms with van der Waals surface area (Å²) in [6.45, 7) is 6.06. The molecule has 5 heteroatoms. The highest BCUT2D eigenvalue weighted by atomic mass is 16.2. The first kappa shape index (κ1) is 14.7. The molecule has 1 aliphatic rings. The van der Waals surface area contributed by atoms with Gasteiger partial charge in [0.1, 0.15) is 5.41 Å². The minimum atomic E-state index is -1.07. The Morgan fingerprint density at radius 2 is 1.67 bits per heavy atom. The van der Waals surface area contributed by atoms with Crippen molar-refractivity contribution in [2.24, 2.45) is 11.3 Å². The zero-order valence-electron chi connectivity index (χ0n) is 11.3. The molecule has 1 atom stereocenters. The number of barbiturate groups is 1. The quantitative estimate of drug-likeness (QED) is 0.711. The molecule has 18 heavy (non-hydrogen) atoms. The second-order valence-corrected chi connectivity index (χ2v) is 5.14. The van der Waals surface area contributed by atoms with Gasteiger partial charge in [0, 0.05) is 0 Å². The normalized spacial score (nSPS) is 20.3. The Hall–Kier alpha value is -1.39. The summed E-state index contributed by atoms with van der Waals surface area (Å²) in [7, 11) is 0. The number of imide groups is 2. The van der Waals surface area contributed by atoms with Crippen molar-refractivity contribution in [2.45, 2.75) is 52.9 Å². The van der Waals surface area contributed by atoms with E-state index in [9.17, 15) is 14.4 Å². The van der Waals surface area contributed by atoms with E-state index < -0.39 is 23.3 Å². The Bertz CT molecular complexity index is 332. The van der Waals surface area contributed by atoms with Crippen LogP contribution in [0.5, 0.6) is 0 Å². The molecule has 0 aliphatic carbocycles. The molecule has 0 radical (unpaired) electrons. The zero-order chi connectivity index (χ0) is 13.8. The van der Waals surface area contributed by atoms with Crippen molar-refractivity contribution in [3.63, 3.8) is 0 Å². The van der Waals surface area contributed by atoms with Crippen LogP contribution in [-0.2, 0) is 9.59 Å². The molecule has 0 spiro atoms. The van der Waals surface area contributed by atoms with E-state index in [-0.39, 0.29) is 5.92 Å². The number of amides is 4. The van der Waals surface area contributed by atoms with Crippen molar-refractivity contribution in [1.82, 2.24) is 10.6 Å². The number of unbranched alkanes of at least 4 members (excludes halogenated alkanes) is 1. The molecule has 1 rings (SSSR count). The third kappa shape index (κ3) is 2.89. The fourth-order valence-corrected chi connectivity index (χ4v) is 2.31. The Balaban J connectivity index is 2.97. The molecule has 1 heterocycles. The van der Waals surface area contributed by atoms with Gasteiger partial charge in [0.25, 0.3) is 0 Å². The number of carbonyl (C=O) groups is 3. The Morgan fingerprint density at radius 3 is 2.11 bits per heavy atom. The van der Waals surface area contributed by atoms with Gasteiger partial charge in [-0.3, -0.25) is 20.2 Å². The second kappa shape index (κ2) is 5.98. The number of hydrogen-bond donors (Lipinski definition) is 2. The minimum absolute atomic E-state index is 0.270. The molecular formula is C13H22N2O3. The van der Waals surface area contributed by atoms with Crippen LogP contribution >= 0.6 is 0 Å². The molecule has 1 unspecified atom stereocenters. The number of rotatable bonds is 6. The number of nitrogens with one attached hydrogen (secondary N) is 2. The van der Waals surface area contributed by atoms with Crippen LogP contribution in [-0.4, -0.2) is 17.8 Å². The molecule has 1 fully saturated rings. The predicted molar refractivity (Wildman–Crippen MR) is 67.7 cm³/mol. The van der Waals surface area contributed by atoms with Crippen LogP contribution in [0.1, 0.15) is 52.9 Å². The summed E-state index contributed by atoms with van der Waals surface area (Å²) >= 11 is 0. The molecule has 0 bridgehead atoms. The summed E-state index contributed by atoms with van der Waals surface area (Å²) in [4.78, 5) is 35.3. The molecule has 0 saturated carbocycles. The summed E-state index contributed by atoms with van der Waals surface area (Å²) in [6.07, 6.45) is 3.61. The standard InChI is InChI=1S/C13H22N2O3/c1-4-6-7-13(8-9(3)5-2)10(16)14-12(18)15-11(13)17/h9H,4-8H2,1-3H3,(H2,14,15,16,17,18). The molecule has 4 amide bonds. The highest BCUT2D eigenvalue weighted by Gasteiger charge is 2.49. The average molecular weight is 254 g/mol. The van der Waals surface area contributed by atoms with E-state index in [2.05, 4.69) is 10.6 Å². The predicted octanol–water partition coefficient (Wildman–Crippen LogP) is 1.97. The summed E-state index contributed by atoms with van der Waals surface area (Å²) in [6, 6.07) is -0.707. The van der Waals surface area contributed by atoms with Crippen molar-refractivity contribution in [1.29, 1.82) is 0 Å². The molecule has 0 aromatic heterocycles. The van der Waals surface area contributed by atoms with Crippen molar-refractivity contribution >= 4 is 17.8 Å². The lowest BCUT2D eigenvalue weighted by Gasteiger charge is -2.35. The largest absolute Gasteiger partial charge is 0.328 e. The molecule has 102 valence electrons. The van der Waals surface area contributed by atoms with Crippen molar-refractivity contribution in [3.05, 3.63) is 0 Å². The van der Waals surface area contributed by atoms with Crippen LogP contribution in [0.25, 0.3) is 0 Å². The third-order valence-electron chi connectivity index (χ3n) is 3.67. The fourth-order valence-electron chi connectivity index (χ4n) is 2.31. The van der Waals surface area contributed by atoms with Crippen molar-refractivity contribution < 1.29 is 14.4 Å². The first-order valence-electron chi connectivity index (χ1n) is 6.63. The van der Waals surface area contributed by atoms with Gasteiger partial charge in [-0.05, 0) is 18.8 Å². The van der Waals surface area contributed by atoms with E-state index in [1.54, 1.807) is 0 Å². The smallest absolute Gasteiger partial charge is 0.277 e. The molecule has 5 nitrogen and oxygen atoms in total. The first-order chi connectivity index (χ1) is 8.46. The highest BCUT2D eigenvalue weighted by molar-refractivity contribution is 6.19. The maximum absolute atomic E-state index is 12.1. The summed E-state index contributed by atoms with van der Waals surface area (Å²) < 4.78 is 0. The Morgan fingerprint density at radius 1 is 1.11 bits per heavy atom. The molecule has 1 saturated heterocycles. The maximum Gasteiger partial charge on any atom is 0.328 e. The lowest BCUT2D eigenvalue weighted by molar-refractivity contribution is -0.146. The lowest BCUT2D eigenvalue weighted by Crippen LogP contribution is -2.62. The Kier molecular flexibility index (Phi) is 4.87. The minimum Gasteiger partial charge on any atom is -0.277 e. The molecule has 1 aliphatic heterocycles. The Labute approximate surface area is 108 Å². The van der Waals surface area contributed by atoms with Crippen LogP contribution in [0, 0.1) is 11.3 Å². The van der Waals surface area contributed by atoms with Gasteiger partial charge in [0.15, 0.2) is 0 Å². The van der Waals surface area contributed by atoms with Gasteiger partial charge < -0.3 is 0 Å². The fraction of sp³-hybridized carbons (Fsp3) is 0.769. The van der Waals surface area contributed by atoms with Gasteiger partial charge in [-0.2, -0.15) is 0 Å². The molecule has 0 aromatic carbocycles. The van der Waals surface area contributed by atoms with Crippen LogP contribution in [0.4, 0.5) is 4.79 Å². The lowest BCUT2D eigenvalue weighted by atomic mass is 9.73. The van der Waals surface area contributed by atoms with Gasteiger partial charge >= 0.3 is 6.03 Å². The van der Waals surface area contributed by atoms with E-state index in [1.165, 1.54) is 0 Å².